The van der Waals surface area contributed by atoms with E-state index in [2.05, 4.69) is 25.2 Å². The Hall–Kier alpha value is -1.89. The molecule has 23 heavy (non-hydrogen) atoms. The largest absolute Gasteiger partial charge is 0.350 e. The third-order valence-corrected chi connectivity index (χ3v) is 4.92. The standard InChI is InChI=1S/C16H23N3O3S/c1-10-8-13(12(3)23-10)11(2)17-14(20)6-5-7-19-15(21)9-18(4)16(19)22/h8,11H,5-7,9H2,1-4H3,(H,17,20)/t11-/m1/s1. The Morgan fingerprint density at radius 2 is 2.09 bits per heavy atom. The summed E-state index contributed by atoms with van der Waals surface area (Å²) < 4.78 is 0. The van der Waals surface area contributed by atoms with E-state index in [1.54, 1.807) is 18.4 Å². The molecule has 0 spiro atoms. The average Bonchev–Trinajstić information content (AvgIpc) is 2.92. The molecule has 1 N–H and O–H groups in total. The molecule has 0 aromatic carbocycles. The second kappa shape index (κ2) is 7.12. The summed E-state index contributed by atoms with van der Waals surface area (Å²) in [5.41, 5.74) is 1.15. The zero-order valence-electron chi connectivity index (χ0n) is 14.0. The van der Waals surface area contributed by atoms with Crippen LogP contribution in [0.15, 0.2) is 6.07 Å². The van der Waals surface area contributed by atoms with E-state index in [-0.39, 0.29) is 30.4 Å². The highest BCUT2D eigenvalue weighted by molar-refractivity contribution is 7.12. The molecule has 126 valence electrons. The van der Waals surface area contributed by atoms with Gasteiger partial charge in [-0.3, -0.25) is 14.5 Å². The highest BCUT2D eigenvalue weighted by Crippen LogP contribution is 2.26. The molecule has 0 aliphatic carbocycles. The van der Waals surface area contributed by atoms with Crippen LogP contribution in [-0.2, 0) is 9.59 Å². The van der Waals surface area contributed by atoms with Crippen LogP contribution >= 0.6 is 11.3 Å². The minimum absolute atomic E-state index is 0.0337. The van der Waals surface area contributed by atoms with Crippen molar-refractivity contribution < 1.29 is 14.4 Å². The Labute approximate surface area is 140 Å². The van der Waals surface area contributed by atoms with Gasteiger partial charge in [0, 0.05) is 29.8 Å². The van der Waals surface area contributed by atoms with Crippen molar-refractivity contribution in [3.8, 4) is 0 Å². The number of thiophene rings is 1. The molecule has 1 atom stereocenters. The van der Waals surface area contributed by atoms with Crippen LogP contribution in [0.5, 0.6) is 0 Å². The first kappa shape index (κ1) is 17.5. The van der Waals surface area contributed by atoms with Crippen LogP contribution in [-0.4, -0.2) is 47.8 Å². The second-order valence-electron chi connectivity index (χ2n) is 5.95. The molecule has 1 fully saturated rings. The van der Waals surface area contributed by atoms with E-state index < -0.39 is 0 Å². The van der Waals surface area contributed by atoms with Gasteiger partial charge in [-0.15, -0.1) is 11.3 Å². The number of imide groups is 1. The number of amides is 4. The molecule has 0 unspecified atom stereocenters. The number of hydrogen-bond donors (Lipinski definition) is 1. The summed E-state index contributed by atoms with van der Waals surface area (Å²) in [6.45, 7) is 6.49. The van der Waals surface area contributed by atoms with E-state index in [4.69, 9.17) is 0 Å². The zero-order valence-corrected chi connectivity index (χ0v) is 14.8. The van der Waals surface area contributed by atoms with E-state index in [9.17, 15) is 14.4 Å². The van der Waals surface area contributed by atoms with Crippen molar-refractivity contribution in [3.63, 3.8) is 0 Å². The van der Waals surface area contributed by atoms with E-state index >= 15 is 0 Å². The van der Waals surface area contributed by atoms with Crippen molar-refractivity contribution in [2.45, 2.75) is 39.7 Å². The monoisotopic (exact) mass is 337 g/mol. The summed E-state index contributed by atoms with van der Waals surface area (Å²) >= 11 is 1.72. The fraction of sp³-hybridized carbons (Fsp3) is 0.562. The summed E-state index contributed by atoms with van der Waals surface area (Å²) in [4.78, 5) is 40.4. The quantitative estimate of drug-likeness (QED) is 0.809. The lowest BCUT2D eigenvalue weighted by Gasteiger charge is -2.16. The number of aryl methyl sites for hydroxylation is 2. The van der Waals surface area contributed by atoms with Crippen molar-refractivity contribution in [1.82, 2.24) is 15.1 Å². The molecule has 2 rings (SSSR count). The van der Waals surface area contributed by atoms with Gasteiger partial charge in [-0.05, 0) is 38.8 Å². The van der Waals surface area contributed by atoms with Gasteiger partial charge in [-0.25, -0.2) is 4.79 Å². The van der Waals surface area contributed by atoms with Gasteiger partial charge in [0.25, 0.3) is 0 Å². The normalized spacial score (nSPS) is 16.2. The lowest BCUT2D eigenvalue weighted by Crippen LogP contribution is -2.33. The van der Waals surface area contributed by atoms with Crippen LogP contribution in [0.25, 0.3) is 0 Å². The van der Waals surface area contributed by atoms with E-state index in [0.29, 0.717) is 19.4 Å². The number of rotatable bonds is 6. The van der Waals surface area contributed by atoms with Crippen molar-refractivity contribution in [1.29, 1.82) is 0 Å². The third kappa shape index (κ3) is 4.10. The van der Waals surface area contributed by atoms with Crippen LogP contribution in [0, 0.1) is 13.8 Å². The summed E-state index contributed by atoms with van der Waals surface area (Å²) in [6, 6.07) is 1.78. The lowest BCUT2D eigenvalue weighted by molar-refractivity contribution is -0.126. The molecule has 1 aliphatic rings. The topological polar surface area (TPSA) is 69.7 Å². The molecule has 2 heterocycles. The lowest BCUT2D eigenvalue weighted by atomic mass is 10.1. The molecule has 0 saturated carbocycles. The number of likely N-dealkylation sites (N-methyl/N-ethyl adjacent to an activating group) is 1. The minimum Gasteiger partial charge on any atom is -0.350 e. The van der Waals surface area contributed by atoms with Crippen molar-refractivity contribution in [2.24, 2.45) is 0 Å². The highest BCUT2D eigenvalue weighted by atomic mass is 32.1. The Morgan fingerprint density at radius 3 is 2.61 bits per heavy atom. The van der Waals surface area contributed by atoms with Crippen molar-refractivity contribution in [3.05, 3.63) is 21.4 Å². The number of carbonyl (C=O) groups is 3. The van der Waals surface area contributed by atoms with Gasteiger partial charge in [-0.2, -0.15) is 0 Å². The van der Waals surface area contributed by atoms with E-state index in [1.807, 2.05) is 6.92 Å². The number of nitrogens with one attached hydrogen (secondary N) is 1. The van der Waals surface area contributed by atoms with Gasteiger partial charge in [0.2, 0.25) is 11.8 Å². The SMILES string of the molecule is Cc1cc([C@@H](C)NC(=O)CCCN2C(=O)CN(C)C2=O)c(C)s1. The Bertz CT molecular complexity index is 626. The van der Waals surface area contributed by atoms with Crippen LogP contribution in [0.1, 0.15) is 41.1 Å². The first-order valence-electron chi connectivity index (χ1n) is 7.71. The van der Waals surface area contributed by atoms with Gasteiger partial charge in [-0.1, -0.05) is 0 Å². The first-order valence-corrected chi connectivity index (χ1v) is 8.53. The van der Waals surface area contributed by atoms with Crippen molar-refractivity contribution >= 4 is 29.2 Å². The van der Waals surface area contributed by atoms with Crippen LogP contribution in [0.4, 0.5) is 4.79 Å². The van der Waals surface area contributed by atoms with Gasteiger partial charge in [0.1, 0.15) is 6.54 Å². The smallest absolute Gasteiger partial charge is 0.326 e. The summed E-state index contributed by atoms with van der Waals surface area (Å²) in [5, 5.41) is 2.98. The molecule has 6 nitrogen and oxygen atoms in total. The van der Waals surface area contributed by atoms with Gasteiger partial charge >= 0.3 is 6.03 Å². The van der Waals surface area contributed by atoms with Crippen LogP contribution in [0.3, 0.4) is 0 Å². The Morgan fingerprint density at radius 1 is 1.39 bits per heavy atom. The predicted octanol–water partition coefficient (Wildman–Crippen LogP) is 2.22. The number of nitrogens with zero attached hydrogens (tertiary/aromatic N) is 2. The summed E-state index contributed by atoms with van der Waals surface area (Å²) in [7, 11) is 1.60. The van der Waals surface area contributed by atoms with E-state index in [1.165, 1.54) is 19.6 Å². The summed E-state index contributed by atoms with van der Waals surface area (Å²) in [5.74, 6) is -0.260. The van der Waals surface area contributed by atoms with E-state index in [0.717, 1.165) is 5.56 Å². The molecule has 1 aromatic rings. The zero-order chi connectivity index (χ0) is 17.1. The third-order valence-electron chi connectivity index (χ3n) is 3.94. The highest BCUT2D eigenvalue weighted by Gasteiger charge is 2.32. The molecule has 0 bridgehead atoms. The molecule has 7 heteroatoms. The Kier molecular flexibility index (Phi) is 5.41. The summed E-state index contributed by atoms with van der Waals surface area (Å²) in [6.07, 6.45) is 0.777. The van der Waals surface area contributed by atoms with Crippen molar-refractivity contribution in [2.75, 3.05) is 20.1 Å². The molecule has 0 radical (unpaired) electrons. The number of carbonyl (C=O) groups excluding carboxylic acids is 3. The van der Waals surface area contributed by atoms with Gasteiger partial charge in [0.05, 0.1) is 6.04 Å². The average molecular weight is 337 g/mol. The maximum Gasteiger partial charge on any atom is 0.326 e. The molecule has 1 aliphatic heterocycles. The fourth-order valence-electron chi connectivity index (χ4n) is 2.76. The maximum absolute atomic E-state index is 12.0. The molecular formula is C16H23N3O3S. The number of hydrogen-bond acceptors (Lipinski definition) is 4. The minimum atomic E-state index is -0.284. The molecular weight excluding hydrogens is 314 g/mol. The molecule has 1 aromatic heterocycles. The van der Waals surface area contributed by atoms with Crippen LogP contribution in [0.2, 0.25) is 0 Å². The van der Waals surface area contributed by atoms with Gasteiger partial charge in [0.15, 0.2) is 0 Å². The fourth-order valence-corrected chi connectivity index (χ4v) is 3.78. The number of urea groups is 1. The van der Waals surface area contributed by atoms with Crippen LogP contribution < -0.4 is 5.32 Å². The second-order valence-corrected chi connectivity index (χ2v) is 7.41. The molecule has 1 saturated heterocycles. The first-order chi connectivity index (χ1) is 10.8. The van der Waals surface area contributed by atoms with Gasteiger partial charge < -0.3 is 10.2 Å². The Balaban J connectivity index is 1.78. The maximum atomic E-state index is 12.0. The molecule has 4 amide bonds. The predicted molar refractivity (Wildman–Crippen MR) is 89.3 cm³/mol.